The topological polar surface area (TPSA) is 42.4 Å². The molecule has 1 aliphatic rings. The van der Waals surface area contributed by atoms with Crippen LogP contribution in [0.3, 0.4) is 0 Å². The lowest BCUT2D eigenvalue weighted by Gasteiger charge is -2.34. The Hall–Kier alpha value is -1.48. The van der Waals surface area contributed by atoms with Gasteiger partial charge in [0, 0.05) is 24.2 Å². The van der Waals surface area contributed by atoms with Gasteiger partial charge in [0.15, 0.2) is 0 Å². The summed E-state index contributed by atoms with van der Waals surface area (Å²) < 4.78 is 5.70. The Morgan fingerprint density at radius 2 is 2.33 bits per heavy atom. The number of nitrogens with two attached hydrogens (primary N) is 1. The zero-order chi connectivity index (χ0) is 12.5. The van der Waals surface area contributed by atoms with Gasteiger partial charge in [0.25, 0.3) is 0 Å². The Kier molecular flexibility index (Phi) is 3.00. The number of nitrogens with zero attached hydrogens (tertiary/aromatic N) is 1. The first-order valence-electron chi connectivity index (χ1n) is 6.72. The molecule has 0 radical (unpaired) electrons. The van der Waals surface area contributed by atoms with Crippen LogP contribution in [0, 0.1) is 12.8 Å². The molecule has 96 valence electrons. The average Bonchev–Trinajstić information content (AvgIpc) is 2.78. The first-order valence-corrected chi connectivity index (χ1v) is 6.72. The van der Waals surface area contributed by atoms with Crippen molar-refractivity contribution in [3.05, 3.63) is 30.0 Å². The maximum atomic E-state index is 5.82. The maximum Gasteiger partial charge on any atom is 0.136 e. The van der Waals surface area contributed by atoms with Gasteiger partial charge in [-0.25, -0.2) is 0 Å². The van der Waals surface area contributed by atoms with Crippen LogP contribution in [0.5, 0.6) is 0 Å². The third kappa shape index (κ3) is 1.99. The molecule has 2 heterocycles. The number of fused-ring (bicyclic) bond motifs is 1. The molecule has 1 saturated heterocycles. The lowest BCUT2D eigenvalue weighted by atomic mass is 9.97. The van der Waals surface area contributed by atoms with Gasteiger partial charge in [-0.1, -0.05) is 6.07 Å². The number of hydrogen-bond donors (Lipinski definition) is 1. The highest BCUT2D eigenvalue weighted by Crippen LogP contribution is 2.31. The van der Waals surface area contributed by atoms with Crippen molar-refractivity contribution >= 4 is 16.7 Å². The van der Waals surface area contributed by atoms with E-state index in [1.54, 1.807) is 0 Å². The van der Waals surface area contributed by atoms with Crippen LogP contribution < -0.4 is 10.6 Å². The molecule has 3 nitrogen and oxygen atoms in total. The minimum absolute atomic E-state index is 0.627. The maximum absolute atomic E-state index is 5.82. The molecule has 0 bridgehead atoms. The number of furan rings is 1. The first-order chi connectivity index (χ1) is 8.78. The highest BCUT2D eigenvalue weighted by atomic mass is 16.3. The fraction of sp³-hybridized carbons (Fsp3) is 0.467. The van der Waals surface area contributed by atoms with E-state index in [2.05, 4.69) is 23.1 Å². The highest BCUT2D eigenvalue weighted by Gasteiger charge is 2.20. The minimum atomic E-state index is 0.627. The average molecular weight is 244 g/mol. The summed E-state index contributed by atoms with van der Waals surface area (Å²) in [5, 5.41) is 1.23. The molecule has 0 aliphatic carbocycles. The molecule has 1 fully saturated rings. The monoisotopic (exact) mass is 244 g/mol. The lowest BCUT2D eigenvalue weighted by Crippen LogP contribution is -2.38. The molecular formula is C15H20N2O. The van der Waals surface area contributed by atoms with E-state index in [9.17, 15) is 0 Å². The normalized spacial score (nSPS) is 20.6. The van der Waals surface area contributed by atoms with Crippen LogP contribution in [-0.2, 0) is 0 Å². The summed E-state index contributed by atoms with van der Waals surface area (Å²) in [5.74, 6) is 1.60. The van der Waals surface area contributed by atoms with Gasteiger partial charge in [0.2, 0.25) is 0 Å². The highest BCUT2D eigenvalue weighted by molar-refractivity contribution is 5.91. The molecule has 1 aromatic heterocycles. The summed E-state index contributed by atoms with van der Waals surface area (Å²) in [5.41, 5.74) is 8.10. The smallest absolute Gasteiger partial charge is 0.136 e. The second-order valence-corrected chi connectivity index (χ2v) is 5.24. The number of rotatable bonds is 2. The number of hydrogen-bond acceptors (Lipinski definition) is 3. The van der Waals surface area contributed by atoms with Gasteiger partial charge in [-0.2, -0.15) is 0 Å². The van der Waals surface area contributed by atoms with Crippen molar-refractivity contribution in [3.63, 3.8) is 0 Å². The van der Waals surface area contributed by atoms with E-state index in [0.29, 0.717) is 5.92 Å². The predicted molar refractivity (Wildman–Crippen MR) is 74.9 cm³/mol. The van der Waals surface area contributed by atoms with E-state index >= 15 is 0 Å². The predicted octanol–water partition coefficient (Wildman–Crippen LogP) is 2.92. The second kappa shape index (κ2) is 4.65. The van der Waals surface area contributed by atoms with Crippen LogP contribution in [0.4, 0.5) is 5.69 Å². The largest absolute Gasteiger partial charge is 0.461 e. The third-order valence-corrected chi connectivity index (χ3v) is 3.85. The van der Waals surface area contributed by atoms with E-state index in [-0.39, 0.29) is 0 Å². The summed E-state index contributed by atoms with van der Waals surface area (Å²) in [7, 11) is 0. The van der Waals surface area contributed by atoms with E-state index in [4.69, 9.17) is 10.2 Å². The zero-order valence-electron chi connectivity index (χ0n) is 10.9. The first kappa shape index (κ1) is 11.6. The molecule has 0 spiro atoms. The SMILES string of the molecule is Cc1cc2c(N3CCCC(CN)C3)cccc2o1. The summed E-state index contributed by atoms with van der Waals surface area (Å²) in [6.45, 7) is 4.99. The number of aryl methyl sites for hydroxylation is 1. The van der Waals surface area contributed by atoms with Crippen LogP contribution in [0.2, 0.25) is 0 Å². The van der Waals surface area contributed by atoms with Crippen LogP contribution in [0.1, 0.15) is 18.6 Å². The zero-order valence-corrected chi connectivity index (χ0v) is 10.9. The fourth-order valence-electron chi connectivity index (χ4n) is 2.92. The molecule has 1 aliphatic heterocycles. The van der Waals surface area contributed by atoms with Crippen molar-refractivity contribution in [2.45, 2.75) is 19.8 Å². The summed E-state index contributed by atoms with van der Waals surface area (Å²) in [4.78, 5) is 2.46. The molecule has 0 amide bonds. The van der Waals surface area contributed by atoms with Crippen molar-refractivity contribution in [1.29, 1.82) is 0 Å². The number of piperidine rings is 1. The van der Waals surface area contributed by atoms with E-state index in [1.807, 2.05) is 13.0 Å². The Bertz CT molecular complexity index is 546. The second-order valence-electron chi connectivity index (χ2n) is 5.24. The molecule has 0 saturated carbocycles. The summed E-state index contributed by atoms with van der Waals surface area (Å²) >= 11 is 0. The Balaban J connectivity index is 1.98. The van der Waals surface area contributed by atoms with Crippen molar-refractivity contribution in [2.75, 3.05) is 24.5 Å². The van der Waals surface area contributed by atoms with E-state index in [1.165, 1.54) is 23.9 Å². The molecule has 2 aromatic rings. The molecule has 3 heteroatoms. The standard InChI is InChI=1S/C15H20N2O/c1-11-8-13-14(5-2-6-15(13)18-11)17-7-3-4-12(9-16)10-17/h2,5-6,8,12H,3-4,7,9-10,16H2,1H3. The number of benzene rings is 1. The van der Waals surface area contributed by atoms with Gasteiger partial charge in [-0.3, -0.25) is 0 Å². The van der Waals surface area contributed by atoms with Crippen LogP contribution in [0.25, 0.3) is 11.0 Å². The molecule has 2 N–H and O–H groups in total. The summed E-state index contributed by atoms with van der Waals surface area (Å²) in [6.07, 6.45) is 2.49. The van der Waals surface area contributed by atoms with Gasteiger partial charge in [-0.15, -0.1) is 0 Å². The van der Waals surface area contributed by atoms with Gasteiger partial charge < -0.3 is 15.1 Å². The van der Waals surface area contributed by atoms with E-state index < -0.39 is 0 Å². The molecule has 18 heavy (non-hydrogen) atoms. The Labute approximate surface area is 108 Å². The minimum Gasteiger partial charge on any atom is -0.461 e. The molecular weight excluding hydrogens is 224 g/mol. The number of anilines is 1. The third-order valence-electron chi connectivity index (χ3n) is 3.85. The molecule has 1 aromatic carbocycles. The van der Waals surface area contributed by atoms with Crippen LogP contribution >= 0.6 is 0 Å². The summed E-state index contributed by atoms with van der Waals surface area (Å²) in [6, 6.07) is 8.44. The molecule has 3 rings (SSSR count). The molecule has 1 atom stereocenters. The Morgan fingerprint density at radius 3 is 3.17 bits per heavy atom. The quantitative estimate of drug-likeness (QED) is 0.883. The van der Waals surface area contributed by atoms with Crippen LogP contribution in [-0.4, -0.2) is 19.6 Å². The van der Waals surface area contributed by atoms with Gasteiger partial charge in [0.1, 0.15) is 11.3 Å². The fourth-order valence-corrected chi connectivity index (χ4v) is 2.92. The van der Waals surface area contributed by atoms with Crippen molar-refractivity contribution in [1.82, 2.24) is 0 Å². The van der Waals surface area contributed by atoms with Crippen molar-refractivity contribution in [3.8, 4) is 0 Å². The van der Waals surface area contributed by atoms with Gasteiger partial charge in [0.05, 0.1) is 0 Å². The van der Waals surface area contributed by atoms with Gasteiger partial charge in [-0.05, 0) is 50.4 Å². The van der Waals surface area contributed by atoms with Gasteiger partial charge >= 0.3 is 0 Å². The molecule has 1 unspecified atom stereocenters. The lowest BCUT2D eigenvalue weighted by molar-refractivity contribution is 0.424. The Morgan fingerprint density at radius 1 is 1.44 bits per heavy atom. The van der Waals surface area contributed by atoms with Crippen molar-refractivity contribution < 1.29 is 4.42 Å². The van der Waals surface area contributed by atoms with Crippen LogP contribution in [0.15, 0.2) is 28.7 Å². The van der Waals surface area contributed by atoms with E-state index in [0.717, 1.165) is 31.0 Å². The van der Waals surface area contributed by atoms with Crippen molar-refractivity contribution in [2.24, 2.45) is 11.7 Å².